The van der Waals surface area contributed by atoms with Crippen LogP contribution >= 0.6 is 23.4 Å². The summed E-state index contributed by atoms with van der Waals surface area (Å²) in [6, 6.07) is 9.50. The fourth-order valence-electron chi connectivity index (χ4n) is 1.45. The summed E-state index contributed by atoms with van der Waals surface area (Å²) in [5.41, 5.74) is 0. The lowest BCUT2D eigenvalue weighted by Crippen LogP contribution is -2.13. The van der Waals surface area contributed by atoms with Gasteiger partial charge in [-0.05, 0) is 36.4 Å². The van der Waals surface area contributed by atoms with Gasteiger partial charge in [0.05, 0.1) is 5.02 Å². The van der Waals surface area contributed by atoms with Crippen molar-refractivity contribution >= 4 is 35.1 Å². The molecular formula is C14H12ClFN2OS. The molecule has 2 rings (SSSR count). The lowest BCUT2D eigenvalue weighted by Gasteiger charge is -2.04. The van der Waals surface area contributed by atoms with Crippen LogP contribution in [0.2, 0.25) is 5.02 Å². The van der Waals surface area contributed by atoms with Gasteiger partial charge < -0.3 is 5.32 Å². The van der Waals surface area contributed by atoms with Crippen molar-refractivity contribution in [3.05, 3.63) is 53.4 Å². The van der Waals surface area contributed by atoms with Crippen LogP contribution < -0.4 is 5.32 Å². The number of aromatic nitrogens is 1. The van der Waals surface area contributed by atoms with Gasteiger partial charge in [-0.15, -0.1) is 11.8 Å². The molecule has 0 saturated heterocycles. The second kappa shape index (κ2) is 7.26. The van der Waals surface area contributed by atoms with E-state index in [0.29, 0.717) is 23.0 Å². The fraction of sp³-hybridized carbons (Fsp3) is 0.143. The van der Waals surface area contributed by atoms with Crippen LogP contribution in [0.25, 0.3) is 0 Å². The maximum atomic E-state index is 12.7. The largest absolute Gasteiger partial charge is 0.311 e. The van der Waals surface area contributed by atoms with E-state index in [4.69, 9.17) is 11.6 Å². The molecule has 0 aliphatic rings. The van der Waals surface area contributed by atoms with E-state index >= 15 is 0 Å². The van der Waals surface area contributed by atoms with Crippen molar-refractivity contribution in [3.8, 4) is 0 Å². The number of nitrogens with zero attached hydrogens (tertiary/aromatic N) is 1. The summed E-state index contributed by atoms with van der Waals surface area (Å²) < 4.78 is 12.7. The number of amides is 1. The van der Waals surface area contributed by atoms with Crippen molar-refractivity contribution in [3.63, 3.8) is 0 Å². The minimum absolute atomic E-state index is 0.116. The number of halogens is 2. The molecule has 0 saturated carbocycles. The average Bonchev–Trinajstić information content (AvgIpc) is 2.44. The Morgan fingerprint density at radius 1 is 1.25 bits per heavy atom. The van der Waals surface area contributed by atoms with Crippen molar-refractivity contribution in [2.24, 2.45) is 0 Å². The van der Waals surface area contributed by atoms with Crippen LogP contribution in [0.1, 0.15) is 6.42 Å². The second-order valence-electron chi connectivity index (χ2n) is 3.96. The first kappa shape index (κ1) is 14.8. The Labute approximate surface area is 125 Å². The lowest BCUT2D eigenvalue weighted by molar-refractivity contribution is -0.115. The van der Waals surface area contributed by atoms with E-state index in [0.717, 1.165) is 4.90 Å². The maximum Gasteiger partial charge on any atom is 0.226 e. The van der Waals surface area contributed by atoms with Crippen molar-refractivity contribution in [2.75, 3.05) is 11.1 Å². The first-order valence-electron chi connectivity index (χ1n) is 5.93. The quantitative estimate of drug-likeness (QED) is 0.849. The molecule has 0 atom stereocenters. The number of nitrogens with one attached hydrogen (secondary N) is 1. The predicted octanol–water partition coefficient (Wildman–Crippen LogP) is 4.00. The average molecular weight is 311 g/mol. The van der Waals surface area contributed by atoms with E-state index in [1.165, 1.54) is 30.1 Å². The van der Waals surface area contributed by atoms with E-state index in [1.807, 2.05) is 0 Å². The van der Waals surface area contributed by atoms with Crippen molar-refractivity contribution in [1.29, 1.82) is 0 Å². The molecule has 1 heterocycles. The van der Waals surface area contributed by atoms with Gasteiger partial charge in [0, 0.05) is 23.3 Å². The molecule has 1 aromatic carbocycles. The topological polar surface area (TPSA) is 42.0 Å². The number of pyridine rings is 1. The molecule has 20 heavy (non-hydrogen) atoms. The highest BCUT2D eigenvalue weighted by molar-refractivity contribution is 7.99. The molecule has 0 radical (unpaired) electrons. The SMILES string of the molecule is O=C(CCSc1ccc(F)cc1)Nc1ccc(Cl)cn1. The highest BCUT2D eigenvalue weighted by atomic mass is 35.5. The van der Waals surface area contributed by atoms with Gasteiger partial charge in [-0.2, -0.15) is 0 Å². The molecule has 1 aromatic heterocycles. The molecule has 0 spiro atoms. The molecule has 0 unspecified atom stereocenters. The second-order valence-corrected chi connectivity index (χ2v) is 5.57. The Balaban J connectivity index is 1.75. The number of thioether (sulfide) groups is 1. The van der Waals surface area contributed by atoms with Gasteiger partial charge in [0.2, 0.25) is 5.91 Å². The summed E-state index contributed by atoms with van der Waals surface area (Å²) in [7, 11) is 0. The summed E-state index contributed by atoms with van der Waals surface area (Å²) in [5.74, 6) is 0.715. The Hall–Kier alpha value is -1.59. The molecule has 0 aliphatic heterocycles. The normalized spacial score (nSPS) is 10.3. The summed E-state index contributed by atoms with van der Waals surface area (Å²) in [4.78, 5) is 16.6. The number of hydrogen-bond acceptors (Lipinski definition) is 3. The Morgan fingerprint density at radius 3 is 2.65 bits per heavy atom. The van der Waals surface area contributed by atoms with Crippen LogP contribution in [-0.2, 0) is 4.79 Å². The molecule has 0 aliphatic carbocycles. The number of benzene rings is 1. The number of rotatable bonds is 5. The van der Waals surface area contributed by atoms with Crippen LogP contribution in [-0.4, -0.2) is 16.6 Å². The maximum absolute atomic E-state index is 12.7. The van der Waals surface area contributed by atoms with Gasteiger partial charge in [0.25, 0.3) is 0 Å². The van der Waals surface area contributed by atoms with E-state index in [9.17, 15) is 9.18 Å². The third-order valence-electron chi connectivity index (χ3n) is 2.41. The van der Waals surface area contributed by atoms with Gasteiger partial charge in [-0.25, -0.2) is 9.37 Å². The zero-order valence-electron chi connectivity index (χ0n) is 10.5. The van der Waals surface area contributed by atoms with E-state index < -0.39 is 0 Å². The lowest BCUT2D eigenvalue weighted by atomic mass is 10.4. The zero-order valence-corrected chi connectivity index (χ0v) is 12.0. The minimum Gasteiger partial charge on any atom is -0.311 e. The highest BCUT2D eigenvalue weighted by Crippen LogP contribution is 2.19. The van der Waals surface area contributed by atoms with Crippen molar-refractivity contribution in [2.45, 2.75) is 11.3 Å². The van der Waals surface area contributed by atoms with Crippen LogP contribution in [0.5, 0.6) is 0 Å². The van der Waals surface area contributed by atoms with Gasteiger partial charge in [-0.1, -0.05) is 11.6 Å². The van der Waals surface area contributed by atoms with Crippen LogP contribution in [0, 0.1) is 5.82 Å². The summed E-state index contributed by atoms with van der Waals surface area (Å²) in [6.07, 6.45) is 1.83. The third-order valence-corrected chi connectivity index (χ3v) is 3.64. The molecule has 0 bridgehead atoms. The van der Waals surface area contributed by atoms with Gasteiger partial charge in [-0.3, -0.25) is 4.79 Å². The molecule has 1 amide bonds. The smallest absolute Gasteiger partial charge is 0.226 e. The molecule has 1 N–H and O–H groups in total. The molecule has 2 aromatic rings. The van der Waals surface area contributed by atoms with Gasteiger partial charge in [0.15, 0.2) is 0 Å². The Kier molecular flexibility index (Phi) is 5.38. The third kappa shape index (κ3) is 4.83. The Morgan fingerprint density at radius 2 is 2.00 bits per heavy atom. The number of anilines is 1. The fourth-order valence-corrected chi connectivity index (χ4v) is 2.41. The number of carbonyl (C=O) groups excluding carboxylic acids is 1. The van der Waals surface area contributed by atoms with Gasteiger partial charge in [0.1, 0.15) is 11.6 Å². The van der Waals surface area contributed by atoms with Crippen LogP contribution in [0.4, 0.5) is 10.2 Å². The summed E-state index contributed by atoms with van der Waals surface area (Å²) in [6.45, 7) is 0. The highest BCUT2D eigenvalue weighted by Gasteiger charge is 2.04. The van der Waals surface area contributed by atoms with E-state index in [2.05, 4.69) is 10.3 Å². The van der Waals surface area contributed by atoms with Crippen molar-refractivity contribution in [1.82, 2.24) is 4.98 Å². The number of carbonyl (C=O) groups is 1. The molecule has 3 nitrogen and oxygen atoms in total. The summed E-state index contributed by atoms with van der Waals surface area (Å²) >= 11 is 7.21. The zero-order chi connectivity index (χ0) is 14.4. The van der Waals surface area contributed by atoms with Crippen LogP contribution in [0.15, 0.2) is 47.5 Å². The molecular weight excluding hydrogens is 299 g/mol. The predicted molar refractivity (Wildman–Crippen MR) is 79.6 cm³/mol. The molecule has 0 fully saturated rings. The molecule has 6 heteroatoms. The van der Waals surface area contributed by atoms with E-state index in [-0.39, 0.29) is 11.7 Å². The summed E-state index contributed by atoms with van der Waals surface area (Å²) in [5, 5.41) is 3.21. The molecule has 104 valence electrons. The standard InChI is InChI=1S/C14H12ClFN2OS/c15-10-1-6-13(17-9-10)18-14(19)7-8-20-12-4-2-11(16)3-5-12/h1-6,9H,7-8H2,(H,17,18,19). The number of hydrogen-bond donors (Lipinski definition) is 1. The first-order valence-corrected chi connectivity index (χ1v) is 7.29. The van der Waals surface area contributed by atoms with Crippen LogP contribution in [0.3, 0.4) is 0 Å². The van der Waals surface area contributed by atoms with Crippen molar-refractivity contribution < 1.29 is 9.18 Å². The first-order chi connectivity index (χ1) is 9.63. The van der Waals surface area contributed by atoms with Gasteiger partial charge >= 0.3 is 0 Å². The Bertz CT molecular complexity index is 575. The monoisotopic (exact) mass is 310 g/mol. The van der Waals surface area contributed by atoms with E-state index in [1.54, 1.807) is 24.3 Å². The minimum atomic E-state index is -0.263.